The standard InChI is InChI=1S/C29H33N7O3S/c1-28-10-11-29(2,36(28)27(37)38)14-19(13-28)32-23-9-8-22(33-34-23)21-7-6-20(25-26(21)40-17-30-25)18-15-31-35(16-18)24-5-3-4-12-39-24/h6-9,15-17,19,24H,3-5,10-14H2,1-2H3,(H,32,34)(H,37,38). The van der Waals surface area contributed by atoms with Crippen LogP contribution < -0.4 is 5.32 Å². The monoisotopic (exact) mass is 559 g/mol. The molecule has 2 bridgehead atoms. The molecule has 0 spiro atoms. The number of aromatic nitrogens is 5. The highest BCUT2D eigenvalue weighted by Gasteiger charge is 2.57. The van der Waals surface area contributed by atoms with Gasteiger partial charge in [0.15, 0.2) is 0 Å². The predicted octanol–water partition coefficient (Wildman–Crippen LogP) is 6.18. The maximum Gasteiger partial charge on any atom is 0.408 e. The highest BCUT2D eigenvalue weighted by atomic mass is 32.1. The van der Waals surface area contributed by atoms with Crippen molar-refractivity contribution in [2.24, 2.45) is 0 Å². The van der Waals surface area contributed by atoms with E-state index in [2.05, 4.69) is 52.8 Å². The third-order valence-electron chi connectivity index (χ3n) is 8.98. The minimum atomic E-state index is -0.822. The lowest BCUT2D eigenvalue weighted by molar-refractivity contribution is -0.0394. The highest BCUT2D eigenvalue weighted by Crippen LogP contribution is 2.51. The molecule has 3 saturated heterocycles. The molecule has 1 aromatic carbocycles. The number of hydrogen-bond donors (Lipinski definition) is 2. The van der Waals surface area contributed by atoms with Gasteiger partial charge in [-0.15, -0.1) is 21.5 Å². The SMILES string of the molecule is CC12CCC(C)(CC(Nc3ccc(-c4ccc(-c5cnn(C6CCCCO6)c5)c5ncsc45)nn3)C1)N2C(=O)O. The number of hydrogen-bond acceptors (Lipinski definition) is 8. The Balaban J connectivity index is 1.11. The summed E-state index contributed by atoms with van der Waals surface area (Å²) >= 11 is 1.60. The molecule has 0 saturated carbocycles. The molecule has 10 nitrogen and oxygen atoms in total. The van der Waals surface area contributed by atoms with Crippen molar-refractivity contribution >= 4 is 33.5 Å². The molecule has 3 aromatic heterocycles. The van der Waals surface area contributed by atoms with Crippen LogP contribution in [0.1, 0.15) is 65.0 Å². The van der Waals surface area contributed by atoms with Gasteiger partial charge in [0.2, 0.25) is 0 Å². The number of rotatable bonds is 5. The van der Waals surface area contributed by atoms with Crippen molar-refractivity contribution in [3.63, 3.8) is 0 Å². The van der Waals surface area contributed by atoms with E-state index in [-0.39, 0.29) is 23.3 Å². The van der Waals surface area contributed by atoms with Gasteiger partial charge in [0, 0.05) is 46.6 Å². The number of benzene rings is 1. The topological polar surface area (TPSA) is 118 Å². The summed E-state index contributed by atoms with van der Waals surface area (Å²) in [5.41, 5.74) is 5.93. The lowest BCUT2D eigenvalue weighted by atomic mass is 9.82. The quantitative estimate of drug-likeness (QED) is 0.298. The maximum absolute atomic E-state index is 12.0. The highest BCUT2D eigenvalue weighted by molar-refractivity contribution is 7.17. The molecule has 3 aliphatic heterocycles. The van der Waals surface area contributed by atoms with Crippen LogP contribution in [0.15, 0.2) is 42.2 Å². The van der Waals surface area contributed by atoms with Crippen molar-refractivity contribution in [3.8, 4) is 22.4 Å². The van der Waals surface area contributed by atoms with Crippen molar-refractivity contribution in [2.45, 2.75) is 82.1 Å². The van der Waals surface area contributed by atoms with Gasteiger partial charge >= 0.3 is 6.09 Å². The van der Waals surface area contributed by atoms with Gasteiger partial charge in [0.05, 0.1) is 27.6 Å². The second-order valence-electron chi connectivity index (χ2n) is 11.9. The van der Waals surface area contributed by atoms with Crippen molar-refractivity contribution in [1.29, 1.82) is 0 Å². The van der Waals surface area contributed by atoms with Crippen LogP contribution in [0.5, 0.6) is 0 Å². The number of nitrogens with zero attached hydrogens (tertiary/aromatic N) is 6. The van der Waals surface area contributed by atoms with E-state index in [1.54, 1.807) is 16.2 Å². The molecule has 3 unspecified atom stereocenters. The fourth-order valence-electron chi connectivity index (χ4n) is 7.21. The van der Waals surface area contributed by atoms with E-state index in [0.717, 1.165) is 84.2 Å². The van der Waals surface area contributed by atoms with Gasteiger partial charge in [-0.05, 0) is 70.9 Å². The first-order chi connectivity index (χ1) is 19.3. The Morgan fingerprint density at radius 3 is 2.60 bits per heavy atom. The van der Waals surface area contributed by atoms with Gasteiger partial charge in [-0.1, -0.05) is 12.1 Å². The number of nitrogens with one attached hydrogen (secondary N) is 1. The number of fused-ring (bicyclic) bond motifs is 3. The first-order valence-corrected chi connectivity index (χ1v) is 14.9. The number of carbonyl (C=O) groups is 1. The molecule has 11 heteroatoms. The zero-order valence-corrected chi connectivity index (χ0v) is 23.5. The van der Waals surface area contributed by atoms with Crippen LogP contribution >= 0.6 is 11.3 Å². The summed E-state index contributed by atoms with van der Waals surface area (Å²) in [4.78, 5) is 18.4. The Labute approximate surface area is 236 Å². The summed E-state index contributed by atoms with van der Waals surface area (Å²) in [5, 5.41) is 27.0. The summed E-state index contributed by atoms with van der Waals surface area (Å²) in [7, 11) is 0. The molecule has 1 amide bonds. The normalized spacial score (nSPS) is 28.2. The summed E-state index contributed by atoms with van der Waals surface area (Å²) < 4.78 is 8.89. The molecule has 7 rings (SSSR count). The minimum Gasteiger partial charge on any atom is -0.465 e. The molecular weight excluding hydrogens is 526 g/mol. The minimum absolute atomic E-state index is 0.000642. The number of piperidine rings is 1. The zero-order valence-electron chi connectivity index (χ0n) is 22.7. The van der Waals surface area contributed by atoms with Crippen molar-refractivity contribution < 1.29 is 14.6 Å². The van der Waals surface area contributed by atoms with E-state index in [4.69, 9.17) is 9.72 Å². The Hall–Kier alpha value is -3.57. The summed E-state index contributed by atoms with van der Waals surface area (Å²) in [5.74, 6) is 0.707. The Morgan fingerprint density at radius 2 is 1.90 bits per heavy atom. The molecule has 0 aliphatic carbocycles. The molecule has 3 fully saturated rings. The van der Waals surface area contributed by atoms with E-state index in [0.29, 0.717) is 5.82 Å². The van der Waals surface area contributed by atoms with Crippen LogP contribution in [0.25, 0.3) is 32.6 Å². The molecule has 3 atom stereocenters. The van der Waals surface area contributed by atoms with Gasteiger partial charge in [-0.25, -0.2) is 14.5 Å². The Bertz CT molecular complexity index is 1540. The summed E-state index contributed by atoms with van der Waals surface area (Å²) in [6.45, 7) is 4.91. The maximum atomic E-state index is 12.0. The van der Waals surface area contributed by atoms with Crippen LogP contribution in [0.2, 0.25) is 0 Å². The summed E-state index contributed by atoms with van der Waals surface area (Å²) in [6.07, 6.45) is 9.64. The number of carboxylic acid groups (broad SMARTS) is 1. The fourth-order valence-corrected chi connectivity index (χ4v) is 8.05. The smallest absolute Gasteiger partial charge is 0.408 e. The van der Waals surface area contributed by atoms with Crippen molar-refractivity contribution in [3.05, 3.63) is 42.2 Å². The Morgan fingerprint density at radius 1 is 1.10 bits per heavy atom. The second kappa shape index (κ2) is 9.52. The fraction of sp³-hybridized carbons (Fsp3) is 0.483. The second-order valence-corrected chi connectivity index (χ2v) is 12.7. The van der Waals surface area contributed by atoms with Crippen LogP contribution in [-0.2, 0) is 4.74 Å². The van der Waals surface area contributed by atoms with Crippen LogP contribution in [0, 0.1) is 0 Å². The zero-order chi connectivity index (χ0) is 27.5. The molecule has 208 valence electrons. The van der Waals surface area contributed by atoms with Crippen molar-refractivity contribution in [2.75, 3.05) is 11.9 Å². The number of thiazole rings is 1. The molecule has 4 aromatic rings. The molecule has 3 aliphatic rings. The van der Waals surface area contributed by atoms with Gasteiger partial charge < -0.3 is 15.2 Å². The Kier molecular flexibility index (Phi) is 6.04. The summed E-state index contributed by atoms with van der Waals surface area (Å²) in [6, 6.07) is 8.27. The molecule has 40 heavy (non-hydrogen) atoms. The lowest BCUT2D eigenvalue weighted by Crippen LogP contribution is -2.61. The average Bonchev–Trinajstić information content (AvgIpc) is 3.66. The number of anilines is 1. The van der Waals surface area contributed by atoms with Gasteiger partial charge in [0.1, 0.15) is 12.0 Å². The predicted molar refractivity (Wildman–Crippen MR) is 153 cm³/mol. The lowest BCUT2D eigenvalue weighted by Gasteiger charge is -2.49. The van der Waals surface area contributed by atoms with E-state index in [9.17, 15) is 9.90 Å². The molecular formula is C29H33N7O3S. The van der Waals surface area contributed by atoms with E-state index < -0.39 is 6.09 Å². The van der Waals surface area contributed by atoms with Crippen LogP contribution in [0.4, 0.5) is 10.6 Å². The van der Waals surface area contributed by atoms with E-state index in [1.165, 1.54) is 0 Å². The van der Waals surface area contributed by atoms with Gasteiger partial charge in [-0.3, -0.25) is 4.90 Å². The average molecular weight is 560 g/mol. The third-order valence-corrected chi connectivity index (χ3v) is 9.84. The number of ether oxygens (including phenoxy) is 1. The largest absolute Gasteiger partial charge is 0.465 e. The first-order valence-electron chi connectivity index (χ1n) is 14.0. The molecule has 0 radical (unpaired) electrons. The van der Waals surface area contributed by atoms with E-state index in [1.807, 2.05) is 28.5 Å². The van der Waals surface area contributed by atoms with Crippen LogP contribution in [-0.4, -0.2) is 64.8 Å². The molecule has 6 heterocycles. The third kappa shape index (κ3) is 4.23. The van der Waals surface area contributed by atoms with Gasteiger partial charge in [0.25, 0.3) is 0 Å². The molecule has 2 N–H and O–H groups in total. The van der Waals surface area contributed by atoms with Gasteiger partial charge in [-0.2, -0.15) is 5.10 Å². The van der Waals surface area contributed by atoms with Crippen molar-refractivity contribution in [1.82, 2.24) is 29.9 Å². The number of amides is 1. The van der Waals surface area contributed by atoms with Crippen LogP contribution in [0.3, 0.4) is 0 Å². The first kappa shape index (κ1) is 25.4. The van der Waals surface area contributed by atoms with E-state index >= 15 is 0 Å².